The number of nitrogens with one attached hydrogen (secondary N) is 1. The third-order valence-corrected chi connectivity index (χ3v) is 4.46. The van der Waals surface area contributed by atoms with E-state index in [1.807, 2.05) is 30.3 Å². The van der Waals surface area contributed by atoms with Crippen LogP contribution in [0.3, 0.4) is 0 Å². The van der Waals surface area contributed by atoms with E-state index >= 15 is 0 Å². The molecule has 1 unspecified atom stereocenters. The maximum absolute atomic E-state index is 12.4. The molecule has 0 aliphatic rings. The summed E-state index contributed by atoms with van der Waals surface area (Å²) in [5, 5.41) is 11.6. The van der Waals surface area contributed by atoms with Gasteiger partial charge in [-0.2, -0.15) is 0 Å². The van der Waals surface area contributed by atoms with Crippen molar-refractivity contribution in [2.24, 2.45) is 0 Å². The zero-order valence-electron chi connectivity index (χ0n) is 16.5. The van der Waals surface area contributed by atoms with Crippen LogP contribution in [-0.4, -0.2) is 34.0 Å². The summed E-state index contributed by atoms with van der Waals surface area (Å²) in [6.07, 6.45) is 1.24. The predicted molar refractivity (Wildman–Crippen MR) is 108 cm³/mol. The highest BCUT2D eigenvalue weighted by Gasteiger charge is 2.38. The number of aryl methyl sites for hydroxylation is 1. The quantitative estimate of drug-likeness (QED) is 0.248. The molecular formula is C19H28N2O6S. The summed E-state index contributed by atoms with van der Waals surface area (Å²) >= 11 is 4.02. The molecule has 1 aromatic rings. The monoisotopic (exact) mass is 412 g/mol. The van der Waals surface area contributed by atoms with E-state index in [-0.39, 0.29) is 13.0 Å². The van der Waals surface area contributed by atoms with Crippen LogP contribution in [0.1, 0.15) is 52.0 Å². The Morgan fingerprint density at radius 3 is 2.32 bits per heavy atom. The SMILES string of the molecule is CC(C)(C)OC(=O)NC(CCCCO[N+](=O)[O-])(CCc1ccccc1)C(=O)S. The van der Waals surface area contributed by atoms with Gasteiger partial charge in [0.2, 0.25) is 5.12 Å². The number of ether oxygens (including phenoxy) is 1. The van der Waals surface area contributed by atoms with Crippen LogP contribution < -0.4 is 5.32 Å². The number of hydrogen-bond acceptors (Lipinski definition) is 6. The van der Waals surface area contributed by atoms with Crippen molar-refractivity contribution in [3.8, 4) is 0 Å². The lowest BCUT2D eigenvalue weighted by Crippen LogP contribution is -2.54. The molecule has 9 heteroatoms. The van der Waals surface area contributed by atoms with Crippen LogP contribution in [0.5, 0.6) is 0 Å². The average molecular weight is 413 g/mol. The van der Waals surface area contributed by atoms with Crippen LogP contribution in [0.15, 0.2) is 30.3 Å². The molecule has 0 heterocycles. The van der Waals surface area contributed by atoms with Crippen LogP contribution in [0.4, 0.5) is 4.79 Å². The van der Waals surface area contributed by atoms with Gasteiger partial charge in [0.15, 0.2) is 0 Å². The Labute approximate surface area is 170 Å². The molecule has 0 spiro atoms. The summed E-state index contributed by atoms with van der Waals surface area (Å²) in [4.78, 5) is 39.3. The summed E-state index contributed by atoms with van der Waals surface area (Å²) in [5.41, 5.74) is -0.936. The van der Waals surface area contributed by atoms with Crippen LogP contribution in [0.2, 0.25) is 0 Å². The minimum atomic E-state index is -1.24. The Morgan fingerprint density at radius 1 is 1.14 bits per heavy atom. The molecule has 8 nitrogen and oxygen atoms in total. The van der Waals surface area contributed by atoms with Gasteiger partial charge in [0.05, 0.1) is 6.61 Å². The lowest BCUT2D eigenvalue weighted by atomic mass is 9.87. The van der Waals surface area contributed by atoms with Gasteiger partial charge in [-0.1, -0.05) is 30.3 Å². The molecule has 0 aromatic heterocycles. The number of unbranched alkanes of at least 4 members (excludes halogenated alkanes) is 1. The number of carbonyl (C=O) groups is 2. The Morgan fingerprint density at radius 2 is 1.79 bits per heavy atom. The molecule has 28 heavy (non-hydrogen) atoms. The van der Waals surface area contributed by atoms with Gasteiger partial charge < -0.3 is 14.9 Å². The van der Waals surface area contributed by atoms with E-state index in [1.54, 1.807) is 20.8 Å². The van der Waals surface area contributed by atoms with E-state index in [0.717, 1.165) is 5.56 Å². The number of thiol groups is 1. The van der Waals surface area contributed by atoms with E-state index in [9.17, 15) is 19.7 Å². The molecule has 0 aliphatic carbocycles. The van der Waals surface area contributed by atoms with Crippen LogP contribution >= 0.6 is 12.6 Å². The van der Waals surface area contributed by atoms with Gasteiger partial charge in [-0.05, 0) is 58.4 Å². The van der Waals surface area contributed by atoms with Gasteiger partial charge in [-0.3, -0.25) is 4.79 Å². The smallest absolute Gasteiger partial charge is 0.408 e. The largest absolute Gasteiger partial charge is 0.444 e. The number of carbonyl (C=O) groups excluding carboxylic acids is 2. The first-order valence-electron chi connectivity index (χ1n) is 9.10. The second kappa shape index (κ2) is 10.9. The van der Waals surface area contributed by atoms with Gasteiger partial charge >= 0.3 is 6.09 Å². The summed E-state index contributed by atoms with van der Waals surface area (Å²) in [6, 6.07) is 9.57. The van der Waals surface area contributed by atoms with Crippen molar-refractivity contribution in [2.75, 3.05) is 6.61 Å². The number of benzene rings is 1. The number of nitrogens with zero attached hydrogens (tertiary/aromatic N) is 1. The molecule has 0 saturated carbocycles. The fourth-order valence-electron chi connectivity index (χ4n) is 2.69. The second-order valence-electron chi connectivity index (χ2n) is 7.51. The predicted octanol–water partition coefficient (Wildman–Crippen LogP) is 3.72. The Kier molecular flexibility index (Phi) is 9.24. The molecule has 1 rings (SSSR count). The molecule has 1 atom stereocenters. The summed E-state index contributed by atoms with van der Waals surface area (Å²) in [5.74, 6) is 0. The standard InChI is InChI=1S/C19H28N2O6S/c1-18(2,3)27-17(23)20-19(16(22)28,12-7-8-14-26-21(24)25)13-11-15-9-5-4-6-10-15/h4-6,9-10H,7-8,11-14H2,1-3H3,(H,20,23)(H,22,28). The lowest BCUT2D eigenvalue weighted by Gasteiger charge is -2.33. The van der Waals surface area contributed by atoms with E-state index in [4.69, 9.17) is 4.74 Å². The maximum atomic E-state index is 12.4. The first kappa shape index (κ1) is 23.7. The average Bonchev–Trinajstić information content (AvgIpc) is 2.58. The van der Waals surface area contributed by atoms with Gasteiger partial charge in [0.1, 0.15) is 11.1 Å². The van der Waals surface area contributed by atoms with Crippen molar-refractivity contribution in [2.45, 2.75) is 64.0 Å². The molecule has 0 fully saturated rings. The highest BCUT2D eigenvalue weighted by atomic mass is 32.1. The molecule has 156 valence electrons. The fraction of sp³-hybridized carbons (Fsp3) is 0.579. The van der Waals surface area contributed by atoms with Crippen molar-refractivity contribution >= 4 is 23.8 Å². The van der Waals surface area contributed by atoms with Crippen molar-refractivity contribution in [3.05, 3.63) is 46.0 Å². The zero-order chi connectivity index (χ0) is 21.2. The normalized spacial score (nSPS) is 13.3. The molecule has 1 amide bonds. The van der Waals surface area contributed by atoms with Gasteiger partial charge in [0, 0.05) is 0 Å². The highest BCUT2D eigenvalue weighted by Crippen LogP contribution is 2.25. The van der Waals surface area contributed by atoms with Crippen LogP contribution in [0, 0.1) is 10.1 Å². The first-order chi connectivity index (χ1) is 13.0. The first-order valence-corrected chi connectivity index (χ1v) is 9.55. The number of hydrogen-bond donors (Lipinski definition) is 2. The van der Waals surface area contributed by atoms with E-state index < -0.39 is 27.4 Å². The lowest BCUT2D eigenvalue weighted by molar-refractivity contribution is -0.757. The number of alkyl carbamates (subject to hydrolysis) is 1. The van der Waals surface area contributed by atoms with Gasteiger partial charge in [-0.25, -0.2) is 4.79 Å². The van der Waals surface area contributed by atoms with E-state index in [0.29, 0.717) is 25.7 Å². The number of amides is 1. The second-order valence-corrected chi connectivity index (χ2v) is 7.92. The van der Waals surface area contributed by atoms with Crippen LogP contribution in [-0.2, 0) is 20.8 Å². The Bertz CT molecular complexity index is 662. The molecule has 0 saturated heterocycles. The fourth-order valence-corrected chi connectivity index (χ4v) is 2.97. The highest BCUT2D eigenvalue weighted by molar-refractivity contribution is 7.96. The van der Waals surface area contributed by atoms with Crippen molar-refractivity contribution < 1.29 is 24.3 Å². The topological polar surface area (TPSA) is 108 Å². The summed E-state index contributed by atoms with van der Waals surface area (Å²) < 4.78 is 5.30. The molecule has 0 bridgehead atoms. The third-order valence-electron chi connectivity index (χ3n) is 4.03. The number of rotatable bonds is 11. The van der Waals surface area contributed by atoms with Gasteiger partial charge in [-0.15, -0.1) is 22.7 Å². The molecular weight excluding hydrogens is 384 g/mol. The third kappa shape index (κ3) is 9.07. The minimum Gasteiger partial charge on any atom is -0.444 e. The Balaban J connectivity index is 2.87. The Hall–Kier alpha value is -2.29. The molecule has 1 aromatic carbocycles. The van der Waals surface area contributed by atoms with E-state index in [1.165, 1.54) is 0 Å². The zero-order valence-corrected chi connectivity index (χ0v) is 17.4. The maximum Gasteiger partial charge on any atom is 0.408 e. The van der Waals surface area contributed by atoms with Gasteiger partial charge in [0.25, 0.3) is 5.09 Å². The van der Waals surface area contributed by atoms with Crippen molar-refractivity contribution in [1.29, 1.82) is 0 Å². The molecule has 1 N–H and O–H groups in total. The molecule has 0 radical (unpaired) electrons. The van der Waals surface area contributed by atoms with Crippen molar-refractivity contribution in [1.82, 2.24) is 5.32 Å². The summed E-state index contributed by atoms with van der Waals surface area (Å²) in [7, 11) is 0. The van der Waals surface area contributed by atoms with E-state index in [2.05, 4.69) is 22.8 Å². The van der Waals surface area contributed by atoms with Crippen molar-refractivity contribution in [3.63, 3.8) is 0 Å². The molecule has 0 aliphatic heterocycles. The van der Waals surface area contributed by atoms with Crippen LogP contribution in [0.25, 0.3) is 0 Å². The summed E-state index contributed by atoms with van der Waals surface area (Å²) in [6.45, 7) is 5.12. The minimum absolute atomic E-state index is 0.0744.